The Labute approximate surface area is 175 Å². The second-order valence-corrected chi connectivity index (χ2v) is 7.12. The van der Waals surface area contributed by atoms with Crippen LogP contribution in [-0.2, 0) is 20.9 Å². The third kappa shape index (κ3) is 4.11. The molecule has 0 saturated heterocycles. The van der Waals surface area contributed by atoms with Crippen LogP contribution >= 0.6 is 0 Å². The van der Waals surface area contributed by atoms with Crippen LogP contribution in [0.4, 0.5) is 0 Å². The molecule has 0 saturated carbocycles. The molecule has 2 aliphatic rings. The molecule has 0 fully saturated rings. The van der Waals surface area contributed by atoms with Crippen molar-refractivity contribution < 1.29 is 19.1 Å². The average molecular weight is 407 g/mol. The van der Waals surface area contributed by atoms with E-state index in [-0.39, 0.29) is 23.8 Å². The SMILES string of the molecule is C=C(NC(=O)C(=C)N1Cc2c(cccc2C2=CCCC(CNC)=C2)C1=O)C(=O)OC. The van der Waals surface area contributed by atoms with E-state index in [2.05, 4.69) is 40.7 Å². The van der Waals surface area contributed by atoms with Crippen LogP contribution in [0.3, 0.4) is 0 Å². The van der Waals surface area contributed by atoms with Crippen LogP contribution in [0.2, 0.25) is 0 Å². The highest BCUT2D eigenvalue weighted by molar-refractivity contribution is 6.07. The Bertz CT molecular complexity index is 1000. The molecular formula is C23H25N3O4. The first-order valence-corrected chi connectivity index (χ1v) is 9.63. The van der Waals surface area contributed by atoms with Gasteiger partial charge in [-0.15, -0.1) is 0 Å². The summed E-state index contributed by atoms with van der Waals surface area (Å²) in [5.41, 5.74) is 4.48. The Morgan fingerprint density at radius 2 is 1.97 bits per heavy atom. The molecule has 156 valence electrons. The van der Waals surface area contributed by atoms with Gasteiger partial charge in [0.1, 0.15) is 11.4 Å². The molecule has 1 aliphatic carbocycles. The van der Waals surface area contributed by atoms with Gasteiger partial charge in [0, 0.05) is 12.1 Å². The van der Waals surface area contributed by atoms with Crippen LogP contribution in [0.15, 0.2) is 60.5 Å². The molecule has 2 amide bonds. The Hall–Kier alpha value is -3.45. The number of ether oxygens (including phenoxy) is 1. The molecule has 1 aliphatic heterocycles. The number of carbonyl (C=O) groups is 3. The van der Waals surface area contributed by atoms with E-state index in [4.69, 9.17) is 0 Å². The Kier molecular flexibility index (Phi) is 6.32. The summed E-state index contributed by atoms with van der Waals surface area (Å²) in [6.45, 7) is 8.26. The van der Waals surface area contributed by atoms with Gasteiger partial charge >= 0.3 is 5.97 Å². The summed E-state index contributed by atoms with van der Waals surface area (Å²) >= 11 is 0. The summed E-state index contributed by atoms with van der Waals surface area (Å²) in [4.78, 5) is 38.2. The van der Waals surface area contributed by atoms with E-state index >= 15 is 0 Å². The van der Waals surface area contributed by atoms with Crippen LogP contribution in [0.1, 0.15) is 34.3 Å². The van der Waals surface area contributed by atoms with Crippen LogP contribution in [-0.4, -0.2) is 43.4 Å². The van der Waals surface area contributed by atoms with Crippen LogP contribution in [0.5, 0.6) is 0 Å². The lowest BCUT2D eigenvalue weighted by Gasteiger charge is -2.19. The van der Waals surface area contributed by atoms with E-state index in [1.165, 1.54) is 17.6 Å². The fourth-order valence-corrected chi connectivity index (χ4v) is 3.65. The zero-order valence-electron chi connectivity index (χ0n) is 17.2. The topological polar surface area (TPSA) is 87.7 Å². The lowest BCUT2D eigenvalue weighted by Crippen LogP contribution is -2.36. The molecule has 1 aromatic rings. The second-order valence-electron chi connectivity index (χ2n) is 7.12. The molecule has 30 heavy (non-hydrogen) atoms. The maximum atomic E-state index is 12.9. The summed E-state index contributed by atoms with van der Waals surface area (Å²) in [5.74, 6) is -1.74. The number of nitrogens with zero attached hydrogens (tertiary/aromatic N) is 1. The minimum absolute atomic E-state index is 0.0590. The first-order chi connectivity index (χ1) is 14.4. The van der Waals surface area contributed by atoms with Crippen molar-refractivity contribution in [2.45, 2.75) is 19.4 Å². The van der Waals surface area contributed by atoms with Crippen molar-refractivity contribution in [2.24, 2.45) is 0 Å². The molecule has 0 unspecified atom stereocenters. The molecule has 2 N–H and O–H groups in total. The number of allylic oxidation sites excluding steroid dienone is 3. The number of fused-ring (bicyclic) bond motifs is 1. The molecular weight excluding hydrogens is 382 g/mol. The normalized spacial score (nSPS) is 15.1. The number of likely N-dealkylation sites (N-methyl/N-ethyl adjacent to an activating group) is 1. The predicted molar refractivity (Wildman–Crippen MR) is 114 cm³/mol. The van der Waals surface area contributed by atoms with E-state index in [0.29, 0.717) is 5.56 Å². The second kappa shape index (κ2) is 8.92. The predicted octanol–water partition coefficient (Wildman–Crippen LogP) is 2.28. The standard InChI is InChI=1S/C23H25N3O4/c1-14(23(29)30-4)25-21(27)15(2)26-13-20-18(9-6-10-19(20)22(26)28)17-8-5-7-16(11-17)12-24-3/h6,8-11,24H,1-2,5,7,12-13H2,3-4H3,(H,25,27). The Balaban J connectivity index is 1.83. The molecule has 7 nitrogen and oxygen atoms in total. The number of esters is 1. The van der Waals surface area contributed by atoms with Crippen molar-refractivity contribution in [3.05, 3.63) is 77.2 Å². The van der Waals surface area contributed by atoms with Crippen molar-refractivity contribution in [3.8, 4) is 0 Å². The highest BCUT2D eigenvalue weighted by atomic mass is 16.5. The molecule has 1 heterocycles. The fourth-order valence-electron chi connectivity index (χ4n) is 3.65. The smallest absolute Gasteiger partial charge is 0.353 e. The summed E-state index contributed by atoms with van der Waals surface area (Å²) in [6, 6.07) is 5.59. The minimum atomic E-state index is -0.761. The molecule has 7 heteroatoms. The third-order valence-corrected chi connectivity index (χ3v) is 5.16. The quantitative estimate of drug-likeness (QED) is 0.535. The van der Waals surface area contributed by atoms with Gasteiger partial charge in [0.2, 0.25) is 0 Å². The number of rotatable bonds is 7. The van der Waals surface area contributed by atoms with E-state index in [0.717, 1.165) is 36.1 Å². The number of amides is 2. The molecule has 0 atom stereocenters. The molecule has 1 aromatic carbocycles. The fraction of sp³-hybridized carbons (Fsp3) is 0.261. The Morgan fingerprint density at radius 3 is 2.67 bits per heavy atom. The monoisotopic (exact) mass is 407 g/mol. The number of hydrogen-bond donors (Lipinski definition) is 2. The van der Waals surface area contributed by atoms with Crippen molar-refractivity contribution in [1.82, 2.24) is 15.5 Å². The van der Waals surface area contributed by atoms with Crippen molar-refractivity contribution in [1.29, 1.82) is 0 Å². The lowest BCUT2D eigenvalue weighted by molar-refractivity contribution is -0.137. The third-order valence-electron chi connectivity index (χ3n) is 5.16. The lowest BCUT2D eigenvalue weighted by atomic mass is 9.90. The maximum Gasteiger partial charge on any atom is 0.353 e. The van der Waals surface area contributed by atoms with Crippen molar-refractivity contribution in [3.63, 3.8) is 0 Å². The highest BCUT2D eigenvalue weighted by Crippen LogP contribution is 2.34. The zero-order valence-corrected chi connectivity index (χ0v) is 17.2. The number of benzene rings is 1. The number of hydrogen-bond acceptors (Lipinski definition) is 5. The maximum absolute atomic E-state index is 12.9. The molecule has 0 aromatic heterocycles. The van der Waals surface area contributed by atoms with Gasteiger partial charge in [-0.05, 0) is 42.7 Å². The van der Waals surface area contributed by atoms with Gasteiger partial charge in [-0.3, -0.25) is 14.5 Å². The van der Waals surface area contributed by atoms with E-state index < -0.39 is 11.9 Å². The van der Waals surface area contributed by atoms with Gasteiger partial charge in [0.25, 0.3) is 11.8 Å². The summed E-state index contributed by atoms with van der Waals surface area (Å²) < 4.78 is 4.52. The first kappa shape index (κ1) is 21.3. The Morgan fingerprint density at radius 1 is 1.23 bits per heavy atom. The first-order valence-electron chi connectivity index (χ1n) is 9.63. The van der Waals surface area contributed by atoms with Crippen LogP contribution in [0.25, 0.3) is 5.57 Å². The van der Waals surface area contributed by atoms with Gasteiger partial charge < -0.3 is 15.4 Å². The van der Waals surface area contributed by atoms with E-state index in [1.54, 1.807) is 6.07 Å². The van der Waals surface area contributed by atoms with Crippen molar-refractivity contribution in [2.75, 3.05) is 20.7 Å². The van der Waals surface area contributed by atoms with Gasteiger partial charge in [-0.25, -0.2) is 4.79 Å². The average Bonchev–Trinajstić information content (AvgIpc) is 3.09. The molecule has 0 radical (unpaired) electrons. The molecule has 3 rings (SSSR count). The van der Waals surface area contributed by atoms with E-state index in [1.807, 2.05) is 19.2 Å². The number of nitrogens with one attached hydrogen (secondary N) is 2. The number of methoxy groups -OCH3 is 1. The summed E-state index contributed by atoms with van der Waals surface area (Å²) in [5, 5.41) is 5.50. The minimum Gasteiger partial charge on any atom is -0.464 e. The van der Waals surface area contributed by atoms with Gasteiger partial charge in [0.05, 0.1) is 13.7 Å². The highest BCUT2D eigenvalue weighted by Gasteiger charge is 2.34. The van der Waals surface area contributed by atoms with Gasteiger partial charge in [-0.1, -0.05) is 43.0 Å². The molecule has 0 spiro atoms. The largest absolute Gasteiger partial charge is 0.464 e. The number of carbonyl (C=O) groups excluding carboxylic acids is 3. The summed E-state index contributed by atoms with van der Waals surface area (Å²) in [6.07, 6.45) is 6.27. The summed E-state index contributed by atoms with van der Waals surface area (Å²) in [7, 11) is 3.11. The van der Waals surface area contributed by atoms with Crippen LogP contribution < -0.4 is 10.6 Å². The zero-order chi connectivity index (χ0) is 21.8. The van der Waals surface area contributed by atoms with Gasteiger partial charge in [-0.2, -0.15) is 0 Å². The van der Waals surface area contributed by atoms with E-state index in [9.17, 15) is 14.4 Å². The molecule has 0 bridgehead atoms. The van der Waals surface area contributed by atoms with Gasteiger partial charge in [0.15, 0.2) is 0 Å². The van der Waals surface area contributed by atoms with Crippen LogP contribution in [0, 0.1) is 0 Å². The van der Waals surface area contributed by atoms with Crippen molar-refractivity contribution >= 4 is 23.4 Å².